The van der Waals surface area contributed by atoms with Gasteiger partial charge in [-0.3, -0.25) is 9.59 Å². The first-order valence-corrected chi connectivity index (χ1v) is 12.7. The molecule has 1 atom stereocenters. The number of methoxy groups -OCH3 is 3. The molecule has 1 aliphatic rings. The molecule has 0 aliphatic carbocycles. The monoisotopic (exact) mass is 518 g/mol. The lowest BCUT2D eigenvalue weighted by atomic mass is 10.1. The van der Waals surface area contributed by atoms with E-state index in [1.807, 2.05) is 66.4 Å². The zero-order chi connectivity index (χ0) is 27.1. The molecule has 1 aliphatic heterocycles. The Balaban J connectivity index is 1.48. The van der Waals surface area contributed by atoms with Crippen LogP contribution in [0.4, 0.5) is 5.69 Å². The van der Waals surface area contributed by atoms with Gasteiger partial charge < -0.3 is 29.2 Å². The third-order valence-electron chi connectivity index (χ3n) is 6.55. The van der Waals surface area contributed by atoms with Gasteiger partial charge in [-0.2, -0.15) is 0 Å². The standard InChI is InChI=1S/C30H34N2O6/c1-5-25-30(34)32(14-13-20-9-11-27(36-3)28(16-20)37-4)19-22-18-23(10-12-26(22)38-25)31-29(33)17-21-7-6-8-24(15-21)35-2/h6-12,15-16,18,25H,5,13-14,17,19H2,1-4H3,(H,31,33). The van der Waals surface area contributed by atoms with Gasteiger partial charge in [-0.05, 0) is 66.4 Å². The molecule has 0 aromatic heterocycles. The Kier molecular flexibility index (Phi) is 8.73. The number of carbonyl (C=O) groups is 2. The highest BCUT2D eigenvalue weighted by molar-refractivity contribution is 5.92. The second-order valence-electron chi connectivity index (χ2n) is 9.11. The smallest absolute Gasteiger partial charge is 0.263 e. The molecule has 1 unspecified atom stereocenters. The number of ether oxygens (including phenoxy) is 4. The Morgan fingerprint density at radius 3 is 2.53 bits per heavy atom. The number of amides is 2. The van der Waals surface area contributed by atoms with Crippen LogP contribution in [0.5, 0.6) is 23.0 Å². The van der Waals surface area contributed by atoms with Gasteiger partial charge in [-0.25, -0.2) is 0 Å². The molecule has 3 aromatic rings. The highest BCUT2D eigenvalue weighted by atomic mass is 16.5. The number of anilines is 1. The van der Waals surface area contributed by atoms with E-state index in [0.717, 1.165) is 16.7 Å². The summed E-state index contributed by atoms with van der Waals surface area (Å²) >= 11 is 0. The molecule has 8 nitrogen and oxygen atoms in total. The fourth-order valence-electron chi connectivity index (χ4n) is 4.51. The molecule has 0 radical (unpaired) electrons. The molecule has 4 rings (SSSR count). The Hall–Kier alpha value is -4.20. The van der Waals surface area contributed by atoms with Crippen LogP contribution in [-0.4, -0.2) is 50.7 Å². The van der Waals surface area contributed by atoms with Crippen LogP contribution in [0.15, 0.2) is 60.7 Å². The highest BCUT2D eigenvalue weighted by Crippen LogP contribution is 2.31. The van der Waals surface area contributed by atoms with Crippen molar-refractivity contribution in [3.05, 3.63) is 77.4 Å². The molecule has 2 amide bonds. The van der Waals surface area contributed by atoms with Crippen molar-refractivity contribution in [1.29, 1.82) is 0 Å². The summed E-state index contributed by atoms with van der Waals surface area (Å²) in [6, 6.07) is 18.7. The molecule has 8 heteroatoms. The number of hydrogen-bond donors (Lipinski definition) is 1. The zero-order valence-electron chi connectivity index (χ0n) is 22.3. The molecule has 38 heavy (non-hydrogen) atoms. The lowest BCUT2D eigenvalue weighted by Gasteiger charge is -2.23. The number of benzene rings is 3. The minimum Gasteiger partial charge on any atom is -0.497 e. The third kappa shape index (κ3) is 6.37. The Morgan fingerprint density at radius 2 is 1.79 bits per heavy atom. The molecule has 0 bridgehead atoms. The summed E-state index contributed by atoms with van der Waals surface area (Å²) in [4.78, 5) is 27.8. The topological polar surface area (TPSA) is 86.3 Å². The summed E-state index contributed by atoms with van der Waals surface area (Å²) in [5.74, 6) is 2.50. The normalized spacial score (nSPS) is 14.7. The van der Waals surface area contributed by atoms with Crippen LogP contribution in [0.2, 0.25) is 0 Å². The van der Waals surface area contributed by atoms with Crippen molar-refractivity contribution < 1.29 is 28.5 Å². The Bertz CT molecular complexity index is 1290. The molecule has 0 fully saturated rings. The summed E-state index contributed by atoms with van der Waals surface area (Å²) < 4.78 is 22.1. The van der Waals surface area contributed by atoms with Gasteiger partial charge in [0.1, 0.15) is 11.5 Å². The van der Waals surface area contributed by atoms with E-state index in [-0.39, 0.29) is 18.2 Å². The molecule has 3 aromatic carbocycles. The van der Waals surface area contributed by atoms with Crippen LogP contribution in [0.3, 0.4) is 0 Å². The van der Waals surface area contributed by atoms with Gasteiger partial charge in [0.2, 0.25) is 5.91 Å². The molecule has 1 heterocycles. The van der Waals surface area contributed by atoms with Gasteiger partial charge in [0.25, 0.3) is 5.91 Å². The van der Waals surface area contributed by atoms with E-state index in [2.05, 4.69) is 5.32 Å². The van der Waals surface area contributed by atoms with Gasteiger partial charge in [0.05, 0.1) is 27.8 Å². The SMILES string of the molecule is CCC1Oc2ccc(NC(=O)Cc3cccc(OC)c3)cc2CN(CCc2ccc(OC)c(OC)c2)C1=O. The van der Waals surface area contributed by atoms with Gasteiger partial charge in [-0.15, -0.1) is 0 Å². The van der Waals surface area contributed by atoms with E-state index in [9.17, 15) is 9.59 Å². The van der Waals surface area contributed by atoms with E-state index in [4.69, 9.17) is 18.9 Å². The quantitative estimate of drug-likeness (QED) is 0.421. The molecule has 1 N–H and O–H groups in total. The zero-order valence-corrected chi connectivity index (χ0v) is 22.3. The van der Waals surface area contributed by atoms with E-state index < -0.39 is 6.10 Å². The fraction of sp³-hybridized carbons (Fsp3) is 0.333. The van der Waals surface area contributed by atoms with Crippen molar-refractivity contribution in [2.45, 2.75) is 38.8 Å². The summed E-state index contributed by atoms with van der Waals surface area (Å²) in [5.41, 5.74) is 3.40. The van der Waals surface area contributed by atoms with Gasteiger partial charge in [-0.1, -0.05) is 25.1 Å². The fourth-order valence-corrected chi connectivity index (χ4v) is 4.51. The van der Waals surface area contributed by atoms with Gasteiger partial charge >= 0.3 is 0 Å². The minimum atomic E-state index is -0.560. The summed E-state index contributed by atoms with van der Waals surface area (Å²) in [7, 11) is 4.81. The number of hydrogen-bond acceptors (Lipinski definition) is 6. The number of rotatable bonds is 10. The Morgan fingerprint density at radius 1 is 0.974 bits per heavy atom. The number of carbonyl (C=O) groups excluding carboxylic acids is 2. The van der Waals surface area contributed by atoms with E-state index >= 15 is 0 Å². The van der Waals surface area contributed by atoms with E-state index in [1.54, 1.807) is 27.4 Å². The maximum Gasteiger partial charge on any atom is 0.263 e. The van der Waals surface area contributed by atoms with Crippen LogP contribution in [0, 0.1) is 0 Å². The van der Waals surface area contributed by atoms with Crippen LogP contribution in [0.1, 0.15) is 30.0 Å². The first-order valence-electron chi connectivity index (χ1n) is 12.7. The van der Waals surface area contributed by atoms with Crippen LogP contribution >= 0.6 is 0 Å². The number of nitrogens with one attached hydrogen (secondary N) is 1. The summed E-state index contributed by atoms with van der Waals surface area (Å²) in [5, 5.41) is 2.97. The van der Waals surface area contributed by atoms with Crippen molar-refractivity contribution in [1.82, 2.24) is 4.90 Å². The van der Waals surface area contributed by atoms with Gasteiger partial charge in [0.15, 0.2) is 17.6 Å². The molecular formula is C30H34N2O6. The first kappa shape index (κ1) is 26.9. The number of fused-ring (bicyclic) bond motifs is 1. The van der Waals surface area contributed by atoms with Crippen LogP contribution in [-0.2, 0) is 29.0 Å². The molecule has 0 saturated heterocycles. The van der Waals surface area contributed by atoms with E-state index in [1.165, 1.54) is 0 Å². The largest absolute Gasteiger partial charge is 0.497 e. The lowest BCUT2D eigenvalue weighted by molar-refractivity contribution is -0.138. The summed E-state index contributed by atoms with van der Waals surface area (Å²) in [6.07, 6.45) is 0.868. The second-order valence-corrected chi connectivity index (χ2v) is 9.11. The minimum absolute atomic E-state index is 0.0483. The van der Waals surface area contributed by atoms with Crippen molar-refractivity contribution in [3.63, 3.8) is 0 Å². The van der Waals surface area contributed by atoms with Crippen molar-refractivity contribution in [2.24, 2.45) is 0 Å². The van der Waals surface area contributed by atoms with Crippen LogP contribution in [0.25, 0.3) is 0 Å². The molecule has 0 saturated carbocycles. The average molecular weight is 519 g/mol. The predicted molar refractivity (Wildman–Crippen MR) is 145 cm³/mol. The first-order chi connectivity index (χ1) is 18.4. The second kappa shape index (κ2) is 12.4. The van der Waals surface area contributed by atoms with Crippen molar-refractivity contribution >= 4 is 17.5 Å². The Labute approximate surface area is 223 Å². The van der Waals surface area contributed by atoms with Gasteiger partial charge in [0, 0.05) is 24.3 Å². The van der Waals surface area contributed by atoms with Crippen molar-refractivity contribution in [3.8, 4) is 23.0 Å². The summed E-state index contributed by atoms with van der Waals surface area (Å²) in [6.45, 7) is 2.84. The molecule has 0 spiro atoms. The maximum atomic E-state index is 13.3. The lowest BCUT2D eigenvalue weighted by Crippen LogP contribution is -2.40. The third-order valence-corrected chi connectivity index (χ3v) is 6.55. The van der Waals surface area contributed by atoms with E-state index in [0.29, 0.717) is 54.6 Å². The number of nitrogens with zero attached hydrogens (tertiary/aromatic N) is 1. The molecular weight excluding hydrogens is 484 g/mol. The molecule has 200 valence electrons. The average Bonchev–Trinajstić information content (AvgIpc) is 3.07. The van der Waals surface area contributed by atoms with Crippen LogP contribution < -0.4 is 24.3 Å². The van der Waals surface area contributed by atoms with Crippen molar-refractivity contribution in [2.75, 3.05) is 33.2 Å². The maximum absolute atomic E-state index is 13.3. The highest BCUT2D eigenvalue weighted by Gasteiger charge is 2.30. The predicted octanol–water partition coefficient (Wildman–Crippen LogP) is 4.64.